The predicted molar refractivity (Wildman–Crippen MR) is 175 cm³/mol. The summed E-state index contributed by atoms with van der Waals surface area (Å²) >= 11 is 9.24. The number of unbranched alkanes of at least 4 members (excludes halogenated alkanes) is 3. The van der Waals surface area contributed by atoms with E-state index < -0.39 is 0 Å². The van der Waals surface area contributed by atoms with Crippen molar-refractivity contribution in [2.45, 2.75) is 90.6 Å². The second kappa shape index (κ2) is 14.8. The molecule has 4 rings (SSSR count). The topological polar surface area (TPSA) is 18.5 Å². The predicted octanol–water partition coefficient (Wildman–Crippen LogP) is 11.4. The normalized spacial score (nSPS) is 17.7. The molecule has 0 bridgehead atoms. The number of rotatable bonds is 16. The number of halogens is 2. The van der Waals surface area contributed by atoms with Gasteiger partial charge in [0.1, 0.15) is 0 Å². The van der Waals surface area contributed by atoms with Gasteiger partial charge in [-0.3, -0.25) is 0 Å². The highest BCUT2D eigenvalue weighted by atomic mass is 79.9. The molecule has 5 heteroatoms. The van der Waals surface area contributed by atoms with Crippen LogP contribution in [0.4, 0.5) is 0 Å². The van der Waals surface area contributed by atoms with Crippen molar-refractivity contribution < 1.29 is 9.47 Å². The molecule has 0 spiro atoms. The van der Waals surface area contributed by atoms with Crippen molar-refractivity contribution in [2.75, 3.05) is 19.8 Å². The van der Waals surface area contributed by atoms with Gasteiger partial charge in [0, 0.05) is 34.6 Å². The lowest BCUT2D eigenvalue weighted by Crippen LogP contribution is -2.30. The first-order valence-electron chi connectivity index (χ1n) is 14.8. The fourth-order valence-electron chi connectivity index (χ4n) is 5.78. The van der Waals surface area contributed by atoms with E-state index >= 15 is 0 Å². The fraction of sp³-hybridized carbons (Fsp3) is 0.529. The minimum atomic E-state index is -0.143. The lowest BCUT2D eigenvalue weighted by atomic mass is 9.73. The van der Waals surface area contributed by atoms with Crippen LogP contribution < -0.4 is 0 Å². The van der Waals surface area contributed by atoms with Gasteiger partial charge in [0.15, 0.2) is 0 Å². The van der Waals surface area contributed by atoms with Gasteiger partial charge in [-0.15, -0.1) is 11.3 Å². The molecule has 1 aromatic heterocycles. The molecule has 1 aliphatic carbocycles. The molecule has 212 valence electrons. The molecule has 1 aliphatic rings. The average Bonchev–Trinajstić information content (AvgIpc) is 3.48. The highest BCUT2D eigenvalue weighted by Gasteiger charge is 2.43. The number of thiophene rings is 1. The molecule has 0 fully saturated rings. The number of hydrogen-bond acceptors (Lipinski definition) is 3. The summed E-state index contributed by atoms with van der Waals surface area (Å²) in [5.41, 5.74) is 6.67. The van der Waals surface area contributed by atoms with Gasteiger partial charge in [-0.1, -0.05) is 87.0 Å². The second-order valence-electron chi connectivity index (χ2n) is 11.3. The smallest absolute Gasteiger partial charge is 0.0705 e. The van der Waals surface area contributed by atoms with E-state index in [0.717, 1.165) is 53.8 Å². The molecule has 0 amide bonds. The van der Waals surface area contributed by atoms with Crippen LogP contribution >= 0.6 is 43.2 Å². The maximum Gasteiger partial charge on any atom is 0.0705 e. The van der Waals surface area contributed by atoms with Crippen molar-refractivity contribution >= 4 is 43.2 Å². The zero-order valence-electron chi connectivity index (χ0n) is 24.0. The van der Waals surface area contributed by atoms with Crippen molar-refractivity contribution in [2.24, 2.45) is 5.92 Å². The summed E-state index contributed by atoms with van der Waals surface area (Å²) in [5.74, 6) is 0.582. The third-order valence-electron chi connectivity index (χ3n) is 8.35. The molecular formula is C34H44Br2O2S. The van der Waals surface area contributed by atoms with Gasteiger partial charge in [0.05, 0.1) is 9.89 Å². The van der Waals surface area contributed by atoms with E-state index in [1.54, 1.807) is 11.3 Å². The Labute approximate surface area is 257 Å². The van der Waals surface area contributed by atoms with Crippen LogP contribution in [-0.2, 0) is 14.9 Å². The zero-order chi connectivity index (χ0) is 27.8. The maximum absolute atomic E-state index is 6.49. The highest BCUT2D eigenvalue weighted by molar-refractivity contribution is 9.11. The monoisotopic (exact) mass is 674 g/mol. The van der Waals surface area contributed by atoms with Crippen molar-refractivity contribution in [3.8, 4) is 21.6 Å². The highest BCUT2D eigenvalue weighted by Crippen LogP contribution is 2.54. The summed E-state index contributed by atoms with van der Waals surface area (Å²) in [4.78, 5) is 1.29. The maximum atomic E-state index is 6.49. The van der Waals surface area contributed by atoms with Crippen molar-refractivity contribution in [3.05, 3.63) is 67.9 Å². The van der Waals surface area contributed by atoms with Crippen LogP contribution in [0.15, 0.2) is 56.8 Å². The lowest BCUT2D eigenvalue weighted by Gasteiger charge is -2.33. The summed E-state index contributed by atoms with van der Waals surface area (Å²) in [6, 6.07) is 18.2. The van der Waals surface area contributed by atoms with Gasteiger partial charge >= 0.3 is 0 Å². The van der Waals surface area contributed by atoms with Gasteiger partial charge in [-0.25, -0.2) is 0 Å². The molecule has 3 atom stereocenters. The summed E-state index contributed by atoms with van der Waals surface area (Å²) in [7, 11) is 0. The first-order valence-corrected chi connectivity index (χ1v) is 17.2. The summed E-state index contributed by atoms with van der Waals surface area (Å²) in [6.07, 6.45) is 9.62. The first-order chi connectivity index (χ1) is 18.9. The van der Waals surface area contributed by atoms with E-state index in [4.69, 9.17) is 9.47 Å². The first kappa shape index (κ1) is 31.0. The number of hydrogen-bond donors (Lipinski definition) is 0. The van der Waals surface area contributed by atoms with Crippen LogP contribution in [0.1, 0.15) is 90.2 Å². The third kappa shape index (κ3) is 7.65. The molecule has 0 aliphatic heterocycles. The van der Waals surface area contributed by atoms with Crippen LogP contribution in [-0.4, -0.2) is 25.9 Å². The van der Waals surface area contributed by atoms with E-state index in [1.165, 1.54) is 58.4 Å². The van der Waals surface area contributed by atoms with Crippen LogP contribution in [0.3, 0.4) is 0 Å². The standard InChI is InChI=1S/C34H44Br2O2S/c1-5-7-8-9-10-25(4)38-20-18-34(17-19-37-23-24(3)6-2)30-21-26(32-15-16-33(36)39-32)11-13-28(30)29-14-12-27(35)22-31(29)34/h11-16,21-22,24-25H,5-10,17-20,23H2,1-4H3/t24-,25+,34?/m1/s1. The second-order valence-corrected chi connectivity index (χ2v) is 14.6. The van der Waals surface area contributed by atoms with Gasteiger partial charge in [-0.2, -0.15) is 0 Å². The Bertz CT molecular complexity index is 1210. The Hall–Kier alpha value is -0.980. The van der Waals surface area contributed by atoms with Crippen molar-refractivity contribution in [3.63, 3.8) is 0 Å². The van der Waals surface area contributed by atoms with E-state index in [0.29, 0.717) is 12.0 Å². The van der Waals surface area contributed by atoms with E-state index in [1.807, 2.05) is 0 Å². The molecule has 2 aromatic carbocycles. The molecular weight excluding hydrogens is 632 g/mol. The van der Waals surface area contributed by atoms with Gasteiger partial charge in [0.25, 0.3) is 0 Å². The van der Waals surface area contributed by atoms with Crippen molar-refractivity contribution in [1.82, 2.24) is 0 Å². The summed E-state index contributed by atoms with van der Waals surface area (Å²) in [5, 5.41) is 0. The minimum Gasteiger partial charge on any atom is -0.381 e. The van der Waals surface area contributed by atoms with Crippen LogP contribution in [0.5, 0.6) is 0 Å². The van der Waals surface area contributed by atoms with E-state index in [-0.39, 0.29) is 5.41 Å². The van der Waals surface area contributed by atoms with Gasteiger partial charge in [-0.05, 0) is 106 Å². The molecule has 2 nitrogen and oxygen atoms in total. The van der Waals surface area contributed by atoms with Crippen LogP contribution in [0.2, 0.25) is 0 Å². The fourth-order valence-corrected chi connectivity index (χ4v) is 7.52. The van der Waals surface area contributed by atoms with Crippen LogP contribution in [0, 0.1) is 5.92 Å². The largest absolute Gasteiger partial charge is 0.381 e. The molecule has 1 unspecified atom stereocenters. The quantitative estimate of drug-likeness (QED) is 0.141. The SMILES string of the molecule is CCCCCC[C@H](C)OCCC1(CCOC[C@H](C)CC)c2cc(Br)ccc2-c2ccc(-c3ccc(Br)s3)cc21. The van der Waals surface area contributed by atoms with E-state index in [2.05, 4.69) is 108 Å². The third-order valence-corrected chi connectivity index (χ3v) is 10.5. The Balaban J connectivity index is 1.65. The Morgan fingerprint density at radius 3 is 2.31 bits per heavy atom. The number of ether oxygens (including phenoxy) is 2. The molecule has 1 heterocycles. The molecule has 39 heavy (non-hydrogen) atoms. The zero-order valence-corrected chi connectivity index (χ0v) is 28.0. The molecule has 0 saturated heterocycles. The molecule has 0 radical (unpaired) electrons. The molecule has 0 N–H and O–H groups in total. The minimum absolute atomic E-state index is 0.143. The lowest BCUT2D eigenvalue weighted by molar-refractivity contribution is 0.0420. The molecule has 3 aromatic rings. The Morgan fingerprint density at radius 2 is 1.59 bits per heavy atom. The van der Waals surface area contributed by atoms with Crippen molar-refractivity contribution in [1.29, 1.82) is 0 Å². The average molecular weight is 677 g/mol. The summed E-state index contributed by atoms with van der Waals surface area (Å²) in [6.45, 7) is 11.3. The van der Waals surface area contributed by atoms with Crippen LogP contribution in [0.25, 0.3) is 21.6 Å². The molecule has 0 saturated carbocycles. The Morgan fingerprint density at radius 1 is 0.846 bits per heavy atom. The number of benzene rings is 2. The van der Waals surface area contributed by atoms with Gasteiger partial charge in [0.2, 0.25) is 0 Å². The number of fused-ring (bicyclic) bond motifs is 3. The van der Waals surface area contributed by atoms with Gasteiger partial charge < -0.3 is 9.47 Å². The van der Waals surface area contributed by atoms with E-state index in [9.17, 15) is 0 Å². The summed E-state index contributed by atoms with van der Waals surface area (Å²) < 4.78 is 15.1. The Kier molecular flexibility index (Phi) is 11.7.